The van der Waals surface area contributed by atoms with Gasteiger partial charge in [-0.25, -0.2) is 9.59 Å². The lowest BCUT2D eigenvalue weighted by molar-refractivity contribution is 0.0591. The first-order valence-electron chi connectivity index (χ1n) is 6.34. The van der Waals surface area contributed by atoms with Gasteiger partial charge in [0.25, 0.3) is 0 Å². The van der Waals surface area contributed by atoms with Gasteiger partial charge in [-0.3, -0.25) is 0 Å². The predicted octanol–water partition coefficient (Wildman–Crippen LogP) is 2.38. The molecule has 0 saturated heterocycles. The summed E-state index contributed by atoms with van der Waals surface area (Å²) in [7, 11) is 1.16. The average Bonchev–Trinajstić information content (AvgIpc) is 2.82. The third kappa shape index (κ3) is 2.72. The molecular weight excluding hydrogens is 322 g/mol. The summed E-state index contributed by atoms with van der Waals surface area (Å²) in [5, 5.41) is 18.8. The van der Waals surface area contributed by atoms with Crippen LogP contribution in [0.25, 0.3) is 5.69 Å². The van der Waals surface area contributed by atoms with Crippen molar-refractivity contribution in [3.05, 3.63) is 45.7 Å². The van der Waals surface area contributed by atoms with Gasteiger partial charge >= 0.3 is 11.9 Å². The molecule has 0 aliphatic heterocycles. The van der Waals surface area contributed by atoms with Crippen molar-refractivity contribution >= 4 is 29.2 Å². The number of nitrogens with two attached hydrogens (primary N) is 1. The number of carbonyl (C=O) groups excluding carboxylic acids is 1. The molecule has 0 saturated carbocycles. The van der Waals surface area contributed by atoms with Crippen LogP contribution in [0.4, 0.5) is 5.69 Å². The SMILES string of the molecule is COC(=O)c1c(N)c(C#N)cn1-c1c(C)cc(Cl)cc1C(=O)O. The number of hydrogen-bond acceptors (Lipinski definition) is 5. The van der Waals surface area contributed by atoms with Crippen LogP contribution in [0.5, 0.6) is 0 Å². The molecule has 23 heavy (non-hydrogen) atoms. The minimum atomic E-state index is -1.23. The summed E-state index contributed by atoms with van der Waals surface area (Å²) in [5.74, 6) is -2.01. The fraction of sp³-hybridized carbons (Fsp3) is 0.133. The molecule has 0 fully saturated rings. The van der Waals surface area contributed by atoms with Gasteiger partial charge in [-0.2, -0.15) is 5.26 Å². The van der Waals surface area contributed by atoms with E-state index < -0.39 is 11.9 Å². The Morgan fingerprint density at radius 3 is 2.61 bits per heavy atom. The number of aromatic carboxylic acids is 1. The van der Waals surface area contributed by atoms with Crippen LogP contribution in [0.2, 0.25) is 5.02 Å². The quantitative estimate of drug-likeness (QED) is 0.832. The predicted molar refractivity (Wildman–Crippen MR) is 82.9 cm³/mol. The molecule has 0 atom stereocenters. The van der Waals surface area contributed by atoms with Crippen LogP contribution in [0, 0.1) is 18.3 Å². The number of nitrogens with zero attached hydrogens (tertiary/aromatic N) is 2. The Labute approximate surface area is 136 Å². The molecule has 0 spiro atoms. The normalized spacial score (nSPS) is 10.2. The highest BCUT2D eigenvalue weighted by molar-refractivity contribution is 6.31. The number of nitriles is 1. The summed E-state index contributed by atoms with van der Waals surface area (Å²) >= 11 is 5.91. The molecule has 0 radical (unpaired) electrons. The maximum Gasteiger partial charge on any atom is 0.357 e. The highest BCUT2D eigenvalue weighted by Crippen LogP contribution is 2.30. The molecular formula is C15H12ClN3O4. The van der Waals surface area contributed by atoms with Crippen molar-refractivity contribution in [2.75, 3.05) is 12.8 Å². The Morgan fingerprint density at radius 2 is 2.09 bits per heavy atom. The van der Waals surface area contributed by atoms with E-state index in [4.69, 9.17) is 22.6 Å². The Hall–Kier alpha value is -2.98. The molecule has 1 aromatic carbocycles. The van der Waals surface area contributed by atoms with Gasteiger partial charge in [0.05, 0.1) is 29.6 Å². The van der Waals surface area contributed by atoms with Gasteiger partial charge in [0.15, 0.2) is 5.69 Å². The van der Waals surface area contributed by atoms with Crippen molar-refractivity contribution in [1.82, 2.24) is 4.57 Å². The van der Waals surface area contributed by atoms with Gasteiger partial charge in [-0.05, 0) is 24.6 Å². The smallest absolute Gasteiger partial charge is 0.357 e. The van der Waals surface area contributed by atoms with Gasteiger partial charge in [-0.1, -0.05) is 11.6 Å². The van der Waals surface area contributed by atoms with Crippen LogP contribution in [-0.4, -0.2) is 28.7 Å². The highest BCUT2D eigenvalue weighted by atomic mass is 35.5. The lowest BCUT2D eigenvalue weighted by atomic mass is 10.1. The largest absolute Gasteiger partial charge is 0.478 e. The summed E-state index contributed by atoms with van der Waals surface area (Å²) in [6, 6.07) is 4.66. The van der Waals surface area contributed by atoms with Crippen molar-refractivity contribution in [2.45, 2.75) is 6.92 Å². The maximum atomic E-state index is 12.0. The van der Waals surface area contributed by atoms with Crippen LogP contribution in [0.1, 0.15) is 32.0 Å². The maximum absolute atomic E-state index is 12.0. The summed E-state index contributed by atoms with van der Waals surface area (Å²) in [6.07, 6.45) is 1.30. The van der Waals surface area contributed by atoms with Crippen molar-refractivity contribution in [3.8, 4) is 11.8 Å². The molecule has 1 aromatic heterocycles. The topological polar surface area (TPSA) is 118 Å². The van der Waals surface area contributed by atoms with Crippen LogP contribution in [-0.2, 0) is 4.74 Å². The monoisotopic (exact) mass is 333 g/mol. The molecule has 0 aliphatic rings. The number of aryl methyl sites for hydroxylation is 1. The van der Waals surface area contributed by atoms with E-state index in [9.17, 15) is 14.7 Å². The Morgan fingerprint density at radius 1 is 1.43 bits per heavy atom. The molecule has 2 rings (SSSR count). The van der Waals surface area contributed by atoms with Gasteiger partial charge < -0.3 is 20.1 Å². The third-order valence-electron chi connectivity index (χ3n) is 3.28. The minimum absolute atomic E-state index is 0.0380. The number of carboxylic acids is 1. The lowest BCUT2D eigenvalue weighted by Gasteiger charge is -2.14. The number of benzene rings is 1. The summed E-state index contributed by atoms with van der Waals surface area (Å²) in [5.41, 5.74) is 6.23. The molecule has 7 nitrogen and oxygen atoms in total. The summed E-state index contributed by atoms with van der Waals surface area (Å²) in [6.45, 7) is 1.64. The molecule has 0 aliphatic carbocycles. The van der Waals surface area contributed by atoms with E-state index in [1.165, 1.54) is 16.8 Å². The Kier molecular flexibility index (Phi) is 4.29. The summed E-state index contributed by atoms with van der Waals surface area (Å²) in [4.78, 5) is 23.5. The van der Waals surface area contributed by atoms with Gasteiger partial charge in [-0.15, -0.1) is 0 Å². The first kappa shape index (κ1) is 16.4. The van der Waals surface area contributed by atoms with Crippen LogP contribution in [0.3, 0.4) is 0 Å². The van der Waals surface area contributed by atoms with Gasteiger partial charge in [0, 0.05) is 11.2 Å². The van der Waals surface area contributed by atoms with Crippen LogP contribution < -0.4 is 5.73 Å². The van der Waals surface area contributed by atoms with Crippen molar-refractivity contribution in [3.63, 3.8) is 0 Å². The molecule has 118 valence electrons. The standard InChI is InChI=1S/C15H12ClN3O4/c1-7-3-9(16)4-10(14(20)21)12(7)19-6-8(5-17)11(18)13(19)15(22)23-2/h3-4,6H,18H2,1-2H3,(H,20,21). The number of hydrogen-bond donors (Lipinski definition) is 2. The molecule has 8 heteroatoms. The number of methoxy groups -OCH3 is 1. The molecule has 2 aromatic rings. The highest BCUT2D eigenvalue weighted by Gasteiger charge is 2.25. The number of aromatic nitrogens is 1. The van der Waals surface area contributed by atoms with Gasteiger partial charge in [0.2, 0.25) is 0 Å². The van der Waals surface area contributed by atoms with Crippen molar-refractivity contribution in [1.29, 1.82) is 5.26 Å². The molecule has 0 amide bonds. The second-order valence-electron chi connectivity index (χ2n) is 4.70. The van der Waals surface area contributed by atoms with E-state index in [0.29, 0.717) is 5.56 Å². The second-order valence-corrected chi connectivity index (χ2v) is 5.14. The Bertz CT molecular complexity index is 865. The minimum Gasteiger partial charge on any atom is -0.478 e. The Balaban J connectivity index is 2.91. The van der Waals surface area contributed by atoms with E-state index in [-0.39, 0.29) is 33.2 Å². The number of carbonyl (C=O) groups is 2. The van der Waals surface area contributed by atoms with E-state index in [1.54, 1.807) is 13.0 Å². The number of halogens is 1. The summed E-state index contributed by atoms with van der Waals surface area (Å²) < 4.78 is 5.92. The van der Waals surface area contributed by atoms with Crippen LogP contribution >= 0.6 is 11.6 Å². The fourth-order valence-corrected chi connectivity index (χ4v) is 2.58. The number of anilines is 1. The van der Waals surface area contributed by atoms with Crippen LogP contribution in [0.15, 0.2) is 18.3 Å². The fourth-order valence-electron chi connectivity index (χ4n) is 2.31. The number of esters is 1. The molecule has 3 N–H and O–H groups in total. The number of rotatable bonds is 3. The number of carboxylic acid groups (broad SMARTS) is 1. The van der Waals surface area contributed by atoms with E-state index in [0.717, 1.165) is 7.11 Å². The van der Waals surface area contributed by atoms with E-state index in [2.05, 4.69) is 4.74 Å². The first-order valence-corrected chi connectivity index (χ1v) is 6.72. The number of nitrogen functional groups attached to an aromatic ring is 1. The van der Waals surface area contributed by atoms with E-state index >= 15 is 0 Å². The zero-order chi connectivity index (χ0) is 17.3. The second kappa shape index (κ2) is 6.02. The zero-order valence-corrected chi connectivity index (χ0v) is 13.0. The first-order chi connectivity index (χ1) is 10.8. The molecule has 1 heterocycles. The zero-order valence-electron chi connectivity index (χ0n) is 12.3. The van der Waals surface area contributed by atoms with Gasteiger partial charge in [0.1, 0.15) is 6.07 Å². The average molecular weight is 334 g/mol. The van der Waals surface area contributed by atoms with E-state index in [1.807, 2.05) is 6.07 Å². The number of ether oxygens (including phenoxy) is 1. The third-order valence-corrected chi connectivity index (χ3v) is 3.50. The van der Waals surface area contributed by atoms with Crippen molar-refractivity contribution in [2.24, 2.45) is 0 Å². The van der Waals surface area contributed by atoms with Crippen molar-refractivity contribution < 1.29 is 19.4 Å². The lowest BCUT2D eigenvalue weighted by Crippen LogP contribution is -2.14. The molecule has 0 bridgehead atoms. The molecule has 0 unspecified atom stereocenters.